The monoisotopic (exact) mass is 187 g/mol. The van der Waals surface area contributed by atoms with Gasteiger partial charge in [-0.1, -0.05) is 0 Å². The van der Waals surface area contributed by atoms with Crippen LogP contribution in [0.25, 0.3) is 4.98 Å². The van der Waals surface area contributed by atoms with Crippen molar-refractivity contribution < 1.29 is 0 Å². The lowest BCUT2D eigenvalue weighted by molar-refractivity contribution is 0.572. The van der Waals surface area contributed by atoms with E-state index in [0.29, 0.717) is 12.2 Å². The van der Waals surface area contributed by atoms with Gasteiger partial charge < -0.3 is 0 Å². The lowest BCUT2D eigenvalue weighted by atomic mass is 10.2. The number of hydrogen-bond donors (Lipinski definition) is 0. The zero-order chi connectivity index (χ0) is 9.80. The number of diazo groups is 1. The second-order valence-corrected chi connectivity index (χ2v) is 2.73. The van der Waals surface area contributed by atoms with E-state index in [-0.39, 0.29) is 0 Å². The summed E-state index contributed by atoms with van der Waals surface area (Å²) in [5.74, 6) is 0. The number of benzene rings is 1. The fourth-order valence-corrected chi connectivity index (χ4v) is 1.09. The molecule has 0 unspecified atom stereocenters. The van der Waals surface area contributed by atoms with Gasteiger partial charge in [-0.15, -0.1) is 10.2 Å². The fourth-order valence-electron chi connectivity index (χ4n) is 1.09. The minimum absolute atomic E-state index is 0.528. The van der Waals surface area contributed by atoms with Gasteiger partial charge in [0.05, 0.1) is 6.54 Å². The number of aromatic nitrogens is 4. The SMILES string of the molecule is N#[N+]c1ccc(Cn2ncnn2)cc1. The number of tetrazole rings is 1. The molecule has 1 aromatic carbocycles. The van der Waals surface area contributed by atoms with Crippen molar-refractivity contribution in [3.8, 4) is 0 Å². The fraction of sp³-hybridized carbons (Fsp3) is 0.125. The smallest absolute Gasteiger partial charge is 0.160 e. The molecule has 0 amide bonds. The molecule has 2 aromatic rings. The summed E-state index contributed by atoms with van der Waals surface area (Å²) in [6.07, 6.45) is 1.39. The van der Waals surface area contributed by atoms with E-state index in [1.807, 2.05) is 12.1 Å². The molecule has 6 heteroatoms. The van der Waals surface area contributed by atoms with Crippen molar-refractivity contribution in [2.45, 2.75) is 6.54 Å². The molecule has 0 spiro atoms. The zero-order valence-electron chi connectivity index (χ0n) is 7.28. The van der Waals surface area contributed by atoms with E-state index in [4.69, 9.17) is 5.39 Å². The van der Waals surface area contributed by atoms with Crippen molar-refractivity contribution in [1.29, 1.82) is 5.39 Å². The first-order chi connectivity index (χ1) is 6.88. The van der Waals surface area contributed by atoms with Crippen molar-refractivity contribution in [3.05, 3.63) is 41.1 Å². The summed E-state index contributed by atoms with van der Waals surface area (Å²) < 4.78 is 0. The number of nitrogens with zero attached hydrogens (tertiary/aromatic N) is 6. The predicted octanol–water partition coefficient (Wildman–Crippen LogP) is 1.21. The van der Waals surface area contributed by atoms with Gasteiger partial charge >= 0.3 is 5.69 Å². The van der Waals surface area contributed by atoms with Crippen LogP contribution in [0.1, 0.15) is 5.56 Å². The van der Waals surface area contributed by atoms with Gasteiger partial charge in [0.25, 0.3) is 0 Å². The Balaban J connectivity index is 2.15. The van der Waals surface area contributed by atoms with Gasteiger partial charge in [-0.3, -0.25) is 0 Å². The average molecular weight is 187 g/mol. The van der Waals surface area contributed by atoms with Crippen LogP contribution in [0.2, 0.25) is 0 Å². The molecule has 1 aromatic heterocycles. The molecular formula is C8H7N6+. The third-order valence-electron chi connectivity index (χ3n) is 1.77. The molecule has 0 aliphatic heterocycles. The van der Waals surface area contributed by atoms with E-state index in [2.05, 4.69) is 20.4 Å². The van der Waals surface area contributed by atoms with Crippen molar-refractivity contribution in [1.82, 2.24) is 20.2 Å². The van der Waals surface area contributed by atoms with Gasteiger partial charge in [0.1, 0.15) is 0 Å². The van der Waals surface area contributed by atoms with E-state index < -0.39 is 0 Å². The summed E-state index contributed by atoms with van der Waals surface area (Å²) in [7, 11) is 0. The molecule has 6 nitrogen and oxygen atoms in total. The van der Waals surface area contributed by atoms with Crippen LogP contribution < -0.4 is 0 Å². The molecule has 14 heavy (non-hydrogen) atoms. The second kappa shape index (κ2) is 3.62. The van der Waals surface area contributed by atoms with Crippen molar-refractivity contribution in [3.63, 3.8) is 0 Å². The largest absolute Gasteiger partial charge is 0.385 e. The molecule has 1 heterocycles. The van der Waals surface area contributed by atoms with Crippen molar-refractivity contribution >= 4 is 5.69 Å². The highest BCUT2D eigenvalue weighted by Gasteiger charge is 2.03. The molecule has 0 bridgehead atoms. The molecule has 0 aliphatic rings. The molecule has 0 atom stereocenters. The van der Waals surface area contributed by atoms with Gasteiger partial charge in [0.2, 0.25) is 5.39 Å². The van der Waals surface area contributed by atoms with Crippen LogP contribution in [0.3, 0.4) is 0 Å². The summed E-state index contributed by atoms with van der Waals surface area (Å²) >= 11 is 0. The third kappa shape index (κ3) is 1.72. The molecule has 68 valence electrons. The molecule has 0 fully saturated rings. The second-order valence-electron chi connectivity index (χ2n) is 2.73. The Morgan fingerprint density at radius 3 is 2.64 bits per heavy atom. The van der Waals surface area contributed by atoms with Gasteiger partial charge in [-0.2, -0.15) is 4.80 Å². The molecule has 0 radical (unpaired) electrons. The van der Waals surface area contributed by atoms with Crippen molar-refractivity contribution in [2.24, 2.45) is 0 Å². The van der Waals surface area contributed by atoms with Crippen LogP contribution in [0.15, 0.2) is 30.6 Å². The summed E-state index contributed by atoms with van der Waals surface area (Å²) in [6.45, 7) is 0.561. The van der Waals surface area contributed by atoms with Gasteiger partial charge in [0.15, 0.2) is 11.3 Å². The van der Waals surface area contributed by atoms with Gasteiger partial charge in [0, 0.05) is 12.1 Å². The van der Waals surface area contributed by atoms with Crippen LogP contribution >= 0.6 is 0 Å². The lowest BCUT2D eigenvalue weighted by Crippen LogP contribution is -2.03. The minimum atomic E-state index is 0.528. The molecule has 0 aliphatic carbocycles. The van der Waals surface area contributed by atoms with Crippen LogP contribution in [-0.4, -0.2) is 20.2 Å². The molecule has 0 N–H and O–H groups in total. The van der Waals surface area contributed by atoms with Gasteiger partial charge in [-0.05, 0) is 22.9 Å². The Hall–Kier alpha value is -2.29. The van der Waals surface area contributed by atoms with Gasteiger partial charge in [-0.25, -0.2) is 0 Å². The summed E-state index contributed by atoms with van der Waals surface area (Å²) in [5.41, 5.74) is 1.55. The zero-order valence-corrected chi connectivity index (χ0v) is 7.28. The number of hydrogen-bond acceptors (Lipinski definition) is 4. The third-order valence-corrected chi connectivity index (χ3v) is 1.77. The quantitative estimate of drug-likeness (QED) is 0.662. The first-order valence-electron chi connectivity index (χ1n) is 4.03. The minimum Gasteiger partial charge on any atom is -0.160 e. The highest BCUT2D eigenvalue weighted by atomic mass is 15.6. The summed E-state index contributed by atoms with van der Waals surface area (Å²) in [6, 6.07) is 7.12. The predicted molar refractivity (Wildman–Crippen MR) is 48.1 cm³/mol. The molecule has 0 saturated heterocycles. The normalized spacial score (nSPS) is 9.64. The highest BCUT2D eigenvalue weighted by Crippen LogP contribution is 2.12. The molecular weight excluding hydrogens is 180 g/mol. The first kappa shape index (κ1) is 8.31. The first-order valence-corrected chi connectivity index (χ1v) is 4.03. The molecule has 2 rings (SSSR count). The maximum Gasteiger partial charge on any atom is 0.385 e. The van der Waals surface area contributed by atoms with Crippen LogP contribution in [0.4, 0.5) is 5.69 Å². The van der Waals surface area contributed by atoms with Crippen LogP contribution in [-0.2, 0) is 6.54 Å². The maximum absolute atomic E-state index is 8.47. The summed E-state index contributed by atoms with van der Waals surface area (Å²) in [5, 5.41) is 19.7. The van der Waals surface area contributed by atoms with E-state index in [9.17, 15) is 0 Å². The van der Waals surface area contributed by atoms with Crippen molar-refractivity contribution in [2.75, 3.05) is 0 Å². The van der Waals surface area contributed by atoms with E-state index in [0.717, 1.165) is 5.56 Å². The van der Waals surface area contributed by atoms with E-state index in [1.54, 1.807) is 12.1 Å². The van der Waals surface area contributed by atoms with E-state index >= 15 is 0 Å². The Kier molecular flexibility index (Phi) is 2.15. The molecule has 0 saturated carbocycles. The Morgan fingerprint density at radius 2 is 2.07 bits per heavy atom. The average Bonchev–Trinajstić information content (AvgIpc) is 2.72. The standard InChI is InChI=1S/C8H7N6/c9-12-8-3-1-7(2-4-8)5-14-11-6-10-13-14/h1-4,6H,5H2/q+1. The Morgan fingerprint density at radius 1 is 1.29 bits per heavy atom. The topological polar surface area (TPSA) is 71.8 Å². The van der Waals surface area contributed by atoms with E-state index in [1.165, 1.54) is 11.1 Å². The highest BCUT2D eigenvalue weighted by molar-refractivity contribution is 5.44. The number of rotatable bonds is 2. The van der Waals surface area contributed by atoms with Crippen LogP contribution in [0.5, 0.6) is 0 Å². The Labute approximate surface area is 79.8 Å². The Bertz CT molecular complexity index is 438. The lowest BCUT2D eigenvalue weighted by Gasteiger charge is -1.96. The maximum atomic E-state index is 8.47. The van der Waals surface area contributed by atoms with Crippen LogP contribution in [0, 0.1) is 5.39 Å². The summed E-state index contributed by atoms with van der Waals surface area (Å²) in [4.78, 5) is 4.54.